The summed E-state index contributed by atoms with van der Waals surface area (Å²) in [5, 5.41) is 1.89. The molecular weight excluding hydrogens is 511 g/mol. The lowest BCUT2D eigenvalue weighted by molar-refractivity contribution is 0.584. The van der Waals surface area contributed by atoms with Crippen LogP contribution in [-0.4, -0.2) is 24.1 Å². The quantitative estimate of drug-likeness (QED) is 0.300. The summed E-state index contributed by atoms with van der Waals surface area (Å²) in [5.74, 6) is -0.117. The topological polar surface area (TPSA) is 79.9 Å². The maximum atomic E-state index is 12.9. The number of sulfone groups is 1. The third kappa shape index (κ3) is 4.46. The van der Waals surface area contributed by atoms with Crippen LogP contribution in [0.5, 0.6) is 0 Å². The van der Waals surface area contributed by atoms with Gasteiger partial charge in [0.15, 0.2) is 0 Å². The molecule has 0 radical (unpaired) electrons. The molecule has 0 unspecified atom stereocenters. The predicted molar refractivity (Wildman–Crippen MR) is 127 cm³/mol. The third-order valence-electron chi connectivity index (χ3n) is 4.94. The molecule has 4 rings (SSSR count). The average molecular weight is 530 g/mol. The molecular formula is C23H19IN2O3S. The van der Waals surface area contributed by atoms with Crippen LogP contribution in [0.3, 0.4) is 0 Å². The molecule has 0 saturated carbocycles. The standard InChI is InChI=1S/C23H19IN2O3S/c24-21-20(15-18-11-6-10-17-9-4-5-12-19(17)18)25-23(26-22(21)27)30(28,29)14-13-16-7-2-1-3-8-16/h1-12H,13-15H2,(H,25,26,27). The SMILES string of the molecule is O=c1[nH]c(S(=O)(=O)CCc2ccccc2)nc(Cc2cccc3ccccc23)c1I. The number of hydrogen-bond acceptors (Lipinski definition) is 4. The van der Waals surface area contributed by atoms with Crippen molar-refractivity contribution in [3.63, 3.8) is 0 Å². The fraction of sp³-hybridized carbons (Fsp3) is 0.130. The predicted octanol–water partition coefficient (Wildman–Crippen LogP) is 4.13. The fourth-order valence-electron chi connectivity index (χ4n) is 3.37. The van der Waals surface area contributed by atoms with E-state index < -0.39 is 15.4 Å². The maximum Gasteiger partial charge on any atom is 0.265 e. The molecule has 0 fully saturated rings. The molecule has 152 valence electrons. The molecule has 30 heavy (non-hydrogen) atoms. The van der Waals surface area contributed by atoms with E-state index in [2.05, 4.69) is 9.97 Å². The first-order chi connectivity index (χ1) is 14.4. The van der Waals surface area contributed by atoms with E-state index in [1.165, 1.54) is 0 Å². The van der Waals surface area contributed by atoms with Gasteiger partial charge < -0.3 is 0 Å². The van der Waals surface area contributed by atoms with Crippen molar-refractivity contribution in [3.8, 4) is 0 Å². The molecule has 7 heteroatoms. The summed E-state index contributed by atoms with van der Waals surface area (Å²) in [6.07, 6.45) is 0.738. The van der Waals surface area contributed by atoms with Crippen molar-refractivity contribution in [1.82, 2.24) is 9.97 Å². The molecule has 0 aliphatic carbocycles. The molecule has 0 aliphatic rings. The van der Waals surface area contributed by atoms with Crippen molar-refractivity contribution >= 4 is 43.2 Å². The number of rotatable bonds is 6. The Morgan fingerprint density at radius 1 is 0.900 bits per heavy atom. The van der Waals surface area contributed by atoms with Gasteiger partial charge in [-0.15, -0.1) is 0 Å². The van der Waals surface area contributed by atoms with Crippen molar-refractivity contribution in [2.75, 3.05) is 5.75 Å². The summed E-state index contributed by atoms with van der Waals surface area (Å²) < 4.78 is 26.1. The zero-order chi connectivity index (χ0) is 21.1. The number of halogens is 1. The van der Waals surface area contributed by atoms with Gasteiger partial charge in [0.2, 0.25) is 15.0 Å². The first-order valence-corrected chi connectivity index (χ1v) is 12.2. The van der Waals surface area contributed by atoms with E-state index in [1.807, 2.05) is 95.4 Å². The number of aromatic nitrogens is 2. The molecule has 1 heterocycles. The number of aryl methyl sites for hydroxylation is 1. The summed E-state index contributed by atoms with van der Waals surface area (Å²) in [6, 6.07) is 23.3. The molecule has 0 saturated heterocycles. The summed E-state index contributed by atoms with van der Waals surface area (Å²) in [5.41, 5.74) is 1.95. The van der Waals surface area contributed by atoms with Crippen molar-refractivity contribution < 1.29 is 8.42 Å². The maximum absolute atomic E-state index is 12.9. The van der Waals surface area contributed by atoms with E-state index in [-0.39, 0.29) is 10.9 Å². The van der Waals surface area contributed by atoms with Crippen LogP contribution in [0.1, 0.15) is 16.8 Å². The van der Waals surface area contributed by atoms with Crippen LogP contribution in [-0.2, 0) is 22.7 Å². The molecule has 4 aromatic rings. The Labute approximate surface area is 188 Å². The van der Waals surface area contributed by atoms with Crippen LogP contribution < -0.4 is 5.56 Å². The first kappa shape index (κ1) is 20.7. The van der Waals surface area contributed by atoms with Crippen LogP contribution >= 0.6 is 22.6 Å². The number of hydrogen-bond donors (Lipinski definition) is 1. The highest BCUT2D eigenvalue weighted by Gasteiger charge is 2.21. The van der Waals surface area contributed by atoms with Crippen molar-refractivity contribution in [1.29, 1.82) is 0 Å². The monoisotopic (exact) mass is 530 g/mol. The zero-order valence-corrected chi connectivity index (χ0v) is 19.0. The second-order valence-electron chi connectivity index (χ2n) is 7.00. The van der Waals surface area contributed by atoms with E-state index in [4.69, 9.17) is 0 Å². The summed E-state index contributed by atoms with van der Waals surface area (Å²) in [7, 11) is -3.73. The highest BCUT2D eigenvalue weighted by atomic mass is 127. The molecule has 1 aromatic heterocycles. The van der Waals surface area contributed by atoms with Crippen molar-refractivity contribution in [3.05, 3.63) is 104 Å². The fourth-order valence-corrected chi connectivity index (χ4v) is 5.01. The second-order valence-corrected chi connectivity index (χ2v) is 10.1. The number of fused-ring (bicyclic) bond motifs is 1. The Kier molecular flexibility index (Phi) is 6.01. The highest BCUT2D eigenvalue weighted by Crippen LogP contribution is 2.22. The lowest BCUT2D eigenvalue weighted by atomic mass is 10.0. The van der Waals surface area contributed by atoms with Gasteiger partial charge >= 0.3 is 0 Å². The van der Waals surface area contributed by atoms with E-state index in [1.54, 1.807) is 0 Å². The molecule has 0 bridgehead atoms. The molecule has 3 aromatic carbocycles. The molecule has 1 N–H and O–H groups in total. The average Bonchev–Trinajstić information content (AvgIpc) is 2.76. The van der Waals surface area contributed by atoms with E-state index in [0.717, 1.165) is 21.9 Å². The molecule has 0 aliphatic heterocycles. The van der Waals surface area contributed by atoms with Gasteiger partial charge in [-0.1, -0.05) is 72.8 Å². The van der Waals surface area contributed by atoms with Crippen LogP contribution in [0, 0.1) is 3.57 Å². The minimum absolute atomic E-state index is 0.117. The molecule has 5 nitrogen and oxygen atoms in total. The van der Waals surface area contributed by atoms with Crippen LogP contribution in [0.4, 0.5) is 0 Å². The summed E-state index contributed by atoms with van der Waals surface area (Å²) in [4.78, 5) is 19.3. The number of nitrogens with zero attached hydrogens (tertiary/aromatic N) is 1. The number of aromatic amines is 1. The number of benzene rings is 3. The van der Waals surface area contributed by atoms with Gasteiger partial charge in [0.05, 0.1) is 11.4 Å². The van der Waals surface area contributed by atoms with Gasteiger partial charge in [-0.05, 0) is 50.9 Å². The lowest BCUT2D eigenvalue weighted by Crippen LogP contribution is -2.23. The summed E-state index contributed by atoms with van der Waals surface area (Å²) >= 11 is 1.93. The first-order valence-electron chi connectivity index (χ1n) is 9.46. The van der Waals surface area contributed by atoms with Gasteiger partial charge in [0.1, 0.15) is 3.57 Å². The van der Waals surface area contributed by atoms with E-state index >= 15 is 0 Å². The highest BCUT2D eigenvalue weighted by molar-refractivity contribution is 14.1. The Morgan fingerprint density at radius 3 is 2.40 bits per heavy atom. The normalized spacial score (nSPS) is 11.6. The van der Waals surface area contributed by atoms with E-state index in [9.17, 15) is 13.2 Å². The smallest absolute Gasteiger partial charge is 0.265 e. The molecule has 0 spiro atoms. The largest absolute Gasteiger partial charge is 0.296 e. The van der Waals surface area contributed by atoms with Gasteiger partial charge in [0, 0.05) is 6.42 Å². The minimum Gasteiger partial charge on any atom is -0.296 e. The van der Waals surface area contributed by atoms with Crippen LogP contribution in [0.15, 0.2) is 82.7 Å². The Balaban J connectivity index is 1.68. The Hall–Kier alpha value is -2.52. The van der Waals surface area contributed by atoms with Gasteiger partial charge in [-0.2, -0.15) is 0 Å². The van der Waals surface area contributed by atoms with Crippen molar-refractivity contribution in [2.45, 2.75) is 18.0 Å². The number of nitrogens with one attached hydrogen (secondary N) is 1. The van der Waals surface area contributed by atoms with Crippen molar-refractivity contribution in [2.24, 2.45) is 0 Å². The van der Waals surface area contributed by atoms with Gasteiger partial charge in [0.25, 0.3) is 5.56 Å². The molecule has 0 atom stereocenters. The van der Waals surface area contributed by atoms with Gasteiger partial charge in [-0.3, -0.25) is 9.78 Å². The zero-order valence-electron chi connectivity index (χ0n) is 16.0. The Morgan fingerprint density at radius 2 is 1.60 bits per heavy atom. The van der Waals surface area contributed by atoms with Crippen LogP contribution in [0.2, 0.25) is 0 Å². The van der Waals surface area contributed by atoms with Crippen LogP contribution in [0.25, 0.3) is 10.8 Å². The minimum atomic E-state index is -3.73. The Bertz CT molecular complexity index is 1360. The summed E-state index contributed by atoms with van der Waals surface area (Å²) in [6.45, 7) is 0. The van der Waals surface area contributed by atoms with Gasteiger partial charge in [-0.25, -0.2) is 13.4 Å². The third-order valence-corrected chi connectivity index (χ3v) is 7.58. The number of H-pyrrole nitrogens is 1. The second kappa shape index (κ2) is 8.69. The van der Waals surface area contributed by atoms with E-state index in [0.29, 0.717) is 22.1 Å². The molecule has 0 amide bonds. The lowest BCUT2D eigenvalue weighted by Gasteiger charge is -2.10.